The van der Waals surface area contributed by atoms with Gasteiger partial charge in [0.1, 0.15) is 11.2 Å². The van der Waals surface area contributed by atoms with E-state index < -0.39 is 0 Å². The summed E-state index contributed by atoms with van der Waals surface area (Å²) in [6.45, 7) is 0. The molecule has 0 N–H and O–H groups in total. The standard InChI is InChI=1S/C45H27N3O/c1-2-11-28(12-3-1)31-23-24-40-39(26-31)42-37(19-10-20-41(42)49-40)44-46-43(33-22-21-29-13-4-5-14-30(29)25-33)47-45(48-44)38-27-32-15-6-7-16-34(32)35-17-8-9-18-36(35)38/h1-27H. The third-order valence-corrected chi connectivity index (χ3v) is 9.50. The molecule has 0 aliphatic carbocycles. The fraction of sp³-hybridized carbons (Fsp3) is 0. The minimum atomic E-state index is 0.601. The first-order chi connectivity index (χ1) is 24.3. The Hall–Kier alpha value is -6.65. The van der Waals surface area contributed by atoms with Crippen LogP contribution < -0.4 is 0 Å². The fourth-order valence-electron chi connectivity index (χ4n) is 7.14. The van der Waals surface area contributed by atoms with Crippen molar-refractivity contribution < 1.29 is 4.42 Å². The summed E-state index contributed by atoms with van der Waals surface area (Å²) >= 11 is 0. The third-order valence-electron chi connectivity index (χ3n) is 9.50. The largest absolute Gasteiger partial charge is 0.456 e. The summed E-state index contributed by atoms with van der Waals surface area (Å²) in [4.78, 5) is 15.7. The molecule has 0 aliphatic heterocycles. The Bertz CT molecular complexity index is 2890. The maximum absolute atomic E-state index is 6.42. The molecule has 2 aromatic heterocycles. The number of furan rings is 1. The lowest BCUT2D eigenvalue weighted by Gasteiger charge is -2.13. The highest BCUT2D eigenvalue weighted by Gasteiger charge is 2.20. The molecular formula is C45H27N3O. The van der Waals surface area contributed by atoms with E-state index in [1.54, 1.807) is 0 Å². The predicted molar refractivity (Wildman–Crippen MR) is 201 cm³/mol. The fourth-order valence-corrected chi connectivity index (χ4v) is 7.14. The molecule has 4 heteroatoms. The van der Waals surface area contributed by atoms with Crippen molar-refractivity contribution in [1.82, 2.24) is 15.0 Å². The highest BCUT2D eigenvalue weighted by atomic mass is 16.3. The molecule has 49 heavy (non-hydrogen) atoms. The zero-order valence-corrected chi connectivity index (χ0v) is 26.3. The van der Waals surface area contributed by atoms with Gasteiger partial charge in [0.15, 0.2) is 17.5 Å². The van der Waals surface area contributed by atoms with Crippen LogP contribution in [0, 0.1) is 0 Å². The quantitative estimate of drug-likeness (QED) is 0.183. The highest BCUT2D eigenvalue weighted by Crippen LogP contribution is 2.40. The molecule has 0 atom stereocenters. The number of fused-ring (bicyclic) bond motifs is 7. The van der Waals surface area contributed by atoms with Crippen molar-refractivity contribution >= 4 is 54.3 Å². The number of aromatic nitrogens is 3. The minimum absolute atomic E-state index is 0.601. The summed E-state index contributed by atoms with van der Waals surface area (Å²) < 4.78 is 6.42. The Morgan fingerprint density at radius 2 is 1.00 bits per heavy atom. The van der Waals surface area contributed by atoms with Crippen LogP contribution in [0.1, 0.15) is 0 Å². The monoisotopic (exact) mass is 625 g/mol. The van der Waals surface area contributed by atoms with E-state index in [9.17, 15) is 0 Å². The second kappa shape index (κ2) is 11.0. The molecule has 0 saturated carbocycles. The number of hydrogen-bond acceptors (Lipinski definition) is 4. The molecule has 0 unspecified atom stereocenters. The van der Waals surface area contributed by atoms with Gasteiger partial charge >= 0.3 is 0 Å². The van der Waals surface area contributed by atoms with Gasteiger partial charge in [-0.05, 0) is 73.8 Å². The van der Waals surface area contributed by atoms with Crippen molar-refractivity contribution in [3.63, 3.8) is 0 Å². The second-order valence-electron chi connectivity index (χ2n) is 12.4. The molecule has 0 bridgehead atoms. The van der Waals surface area contributed by atoms with Gasteiger partial charge < -0.3 is 4.42 Å². The van der Waals surface area contributed by atoms with Gasteiger partial charge in [-0.2, -0.15) is 0 Å². The van der Waals surface area contributed by atoms with Crippen LogP contribution in [0.15, 0.2) is 168 Å². The van der Waals surface area contributed by atoms with E-state index in [1.807, 2.05) is 18.2 Å². The number of nitrogens with zero attached hydrogens (tertiary/aromatic N) is 3. The molecule has 2 heterocycles. The number of rotatable bonds is 4. The molecule has 10 aromatic rings. The highest BCUT2D eigenvalue weighted by molar-refractivity contribution is 6.14. The van der Waals surface area contributed by atoms with E-state index in [4.69, 9.17) is 19.4 Å². The van der Waals surface area contributed by atoms with Crippen molar-refractivity contribution in [3.8, 4) is 45.3 Å². The Morgan fingerprint density at radius 1 is 0.327 bits per heavy atom. The van der Waals surface area contributed by atoms with E-state index in [2.05, 4.69) is 146 Å². The van der Waals surface area contributed by atoms with Crippen molar-refractivity contribution in [2.24, 2.45) is 0 Å². The maximum atomic E-state index is 6.42. The Morgan fingerprint density at radius 3 is 1.86 bits per heavy atom. The molecule has 0 radical (unpaired) electrons. The third kappa shape index (κ3) is 4.57. The first kappa shape index (κ1) is 27.5. The van der Waals surface area contributed by atoms with Crippen LogP contribution in [0.4, 0.5) is 0 Å². The lowest BCUT2D eigenvalue weighted by atomic mass is 9.96. The molecule has 0 spiro atoms. The predicted octanol–water partition coefficient (Wildman–Crippen LogP) is 11.9. The minimum Gasteiger partial charge on any atom is -0.456 e. The first-order valence-electron chi connectivity index (χ1n) is 16.4. The van der Waals surface area contributed by atoms with Crippen LogP contribution >= 0.6 is 0 Å². The lowest BCUT2D eigenvalue weighted by Crippen LogP contribution is -2.01. The summed E-state index contributed by atoms with van der Waals surface area (Å²) in [5.74, 6) is 1.85. The van der Waals surface area contributed by atoms with Crippen LogP contribution in [0.25, 0.3) is 99.5 Å². The SMILES string of the molecule is c1ccc(-c2ccc3oc4cccc(-c5nc(-c6ccc7ccccc7c6)nc(-c6cc7ccccc7c7ccccc67)n5)c4c3c2)cc1. The van der Waals surface area contributed by atoms with Crippen LogP contribution in [-0.2, 0) is 0 Å². The van der Waals surface area contributed by atoms with Crippen LogP contribution in [-0.4, -0.2) is 15.0 Å². The van der Waals surface area contributed by atoms with E-state index in [-0.39, 0.29) is 0 Å². The number of benzene rings is 8. The zero-order valence-electron chi connectivity index (χ0n) is 26.3. The summed E-state index contributed by atoms with van der Waals surface area (Å²) in [5.41, 5.74) is 6.70. The van der Waals surface area contributed by atoms with Gasteiger partial charge in [0.25, 0.3) is 0 Å². The van der Waals surface area contributed by atoms with Crippen LogP contribution in [0.2, 0.25) is 0 Å². The van der Waals surface area contributed by atoms with Gasteiger partial charge in [-0.1, -0.05) is 133 Å². The van der Waals surface area contributed by atoms with Gasteiger partial charge in [-0.15, -0.1) is 0 Å². The first-order valence-corrected chi connectivity index (χ1v) is 16.4. The van der Waals surface area contributed by atoms with Crippen molar-refractivity contribution in [2.45, 2.75) is 0 Å². The average molecular weight is 626 g/mol. The van der Waals surface area contributed by atoms with E-state index in [0.29, 0.717) is 17.5 Å². The van der Waals surface area contributed by atoms with Gasteiger partial charge in [-0.25, -0.2) is 15.0 Å². The zero-order chi connectivity index (χ0) is 32.3. The lowest BCUT2D eigenvalue weighted by molar-refractivity contribution is 0.669. The topological polar surface area (TPSA) is 51.8 Å². The van der Waals surface area contributed by atoms with E-state index in [0.717, 1.165) is 65.9 Å². The van der Waals surface area contributed by atoms with Gasteiger partial charge in [0.05, 0.1) is 0 Å². The van der Waals surface area contributed by atoms with E-state index in [1.165, 1.54) is 16.2 Å². The van der Waals surface area contributed by atoms with Crippen molar-refractivity contribution in [2.75, 3.05) is 0 Å². The van der Waals surface area contributed by atoms with E-state index >= 15 is 0 Å². The smallest absolute Gasteiger partial charge is 0.164 e. The van der Waals surface area contributed by atoms with Gasteiger partial charge in [0.2, 0.25) is 0 Å². The van der Waals surface area contributed by atoms with Crippen LogP contribution in [0.5, 0.6) is 0 Å². The Labute approximate surface area is 282 Å². The Kier molecular flexibility index (Phi) is 6.15. The van der Waals surface area contributed by atoms with Crippen molar-refractivity contribution in [3.05, 3.63) is 164 Å². The molecule has 0 amide bonds. The normalized spacial score (nSPS) is 11.7. The molecule has 4 nitrogen and oxygen atoms in total. The molecule has 228 valence electrons. The summed E-state index contributed by atoms with van der Waals surface area (Å²) in [6, 6.07) is 56.9. The molecular weight excluding hydrogens is 599 g/mol. The average Bonchev–Trinajstić information content (AvgIpc) is 3.56. The molecule has 0 fully saturated rings. The molecule has 8 aromatic carbocycles. The molecule has 0 aliphatic rings. The molecule has 0 saturated heterocycles. The summed E-state index contributed by atoms with van der Waals surface area (Å²) in [7, 11) is 0. The van der Waals surface area contributed by atoms with Gasteiger partial charge in [-0.3, -0.25) is 0 Å². The maximum Gasteiger partial charge on any atom is 0.164 e. The summed E-state index contributed by atoms with van der Waals surface area (Å²) in [5, 5.41) is 8.93. The Balaban J connectivity index is 1.26. The van der Waals surface area contributed by atoms with Crippen LogP contribution in [0.3, 0.4) is 0 Å². The summed E-state index contributed by atoms with van der Waals surface area (Å²) in [6.07, 6.45) is 0. The second-order valence-corrected chi connectivity index (χ2v) is 12.4. The number of hydrogen-bond donors (Lipinski definition) is 0. The molecule has 10 rings (SSSR count). The van der Waals surface area contributed by atoms with Crippen molar-refractivity contribution in [1.29, 1.82) is 0 Å². The van der Waals surface area contributed by atoms with Gasteiger partial charge in [0, 0.05) is 27.5 Å².